The van der Waals surface area contributed by atoms with Crippen LogP contribution in [-0.4, -0.2) is 95.5 Å². The topological polar surface area (TPSA) is 207 Å². The predicted molar refractivity (Wildman–Crippen MR) is 225 cm³/mol. The predicted octanol–water partition coefficient (Wildman–Crippen LogP) is 2.88. The van der Waals surface area contributed by atoms with Crippen LogP contribution in [-0.2, 0) is 28.7 Å². The number of ether oxygens (including phenoxy) is 2. The molecule has 7 atom stereocenters. The molecule has 0 radical (unpaired) electrons. The van der Waals surface area contributed by atoms with Gasteiger partial charge in [-0.05, 0) is 32.6 Å². The molecular formula is C45H84N3NaO10. The summed E-state index contributed by atoms with van der Waals surface area (Å²) in [5.41, 5.74) is 0. The zero-order chi connectivity index (χ0) is 43.0. The molecule has 1 heterocycles. The fourth-order valence-corrected chi connectivity index (χ4v) is 7.72. The summed E-state index contributed by atoms with van der Waals surface area (Å²) in [7, 11) is 1.36. The third-order valence-corrected chi connectivity index (χ3v) is 11.5. The molecule has 1 unspecified atom stereocenters. The molecule has 59 heavy (non-hydrogen) atoms. The van der Waals surface area contributed by atoms with E-state index >= 15 is 0 Å². The first-order valence-corrected chi connectivity index (χ1v) is 23.3. The Morgan fingerprint density at radius 3 is 1.39 bits per heavy atom. The Labute approximate surface area is 379 Å². The molecule has 0 aromatic carbocycles. The van der Waals surface area contributed by atoms with Crippen molar-refractivity contribution in [1.29, 1.82) is 0 Å². The molecule has 0 aromatic rings. The first-order valence-electron chi connectivity index (χ1n) is 23.3. The molecule has 0 saturated carbocycles. The van der Waals surface area contributed by atoms with Crippen LogP contribution in [0.2, 0.25) is 0 Å². The Morgan fingerprint density at radius 1 is 0.610 bits per heavy atom. The number of carbonyl (C=O) groups is 4. The van der Waals surface area contributed by atoms with Crippen LogP contribution in [0.25, 0.3) is 0 Å². The Kier molecular flexibility index (Phi) is 36.4. The van der Waals surface area contributed by atoms with E-state index in [9.17, 15) is 39.6 Å². The summed E-state index contributed by atoms with van der Waals surface area (Å²) in [5.74, 6) is -3.46. The van der Waals surface area contributed by atoms with Crippen molar-refractivity contribution in [3.05, 3.63) is 0 Å². The number of hydrogen-bond donors (Lipinski definition) is 6. The Balaban J connectivity index is 0.0000336. The average molecular weight is 850 g/mol. The summed E-state index contributed by atoms with van der Waals surface area (Å²) in [6.07, 6.45) is 23.0. The minimum atomic E-state index is -1.52. The number of aliphatic hydroxyl groups is 3. The van der Waals surface area contributed by atoms with E-state index in [1.54, 1.807) is 0 Å². The van der Waals surface area contributed by atoms with Crippen LogP contribution in [0.1, 0.15) is 201 Å². The van der Waals surface area contributed by atoms with Gasteiger partial charge in [-0.1, -0.05) is 168 Å². The minimum absolute atomic E-state index is 0. The number of rotatable bonds is 38. The molecule has 340 valence electrons. The fourth-order valence-electron chi connectivity index (χ4n) is 7.72. The van der Waals surface area contributed by atoms with Gasteiger partial charge in [-0.2, -0.15) is 0 Å². The first kappa shape index (κ1) is 57.7. The number of carboxylic acid groups (broad SMARTS) is 1. The molecular weight excluding hydrogens is 765 g/mol. The van der Waals surface area contributed by atoms with E-state index in [0.29, 0.717) is 12.8 Å². The van der Waals surface area contributed by atoms with Gasteiger partial charge in [-0.15, -0.1) is 0 Å². The molecule has 0 spiro atoms. The van der Waals surface area contributed by atoms with Gasteiger partial charge in [-0.3, -0.25) is 14.4 Å². The summed E-state index contributed by atoms with van der Waals surface area (Å²) < 4.78 is 11.3. The summed E-state index contributed by atoms with van der Waals surface area (Å²) in [6, 6.07) is -2.56. The minimum Gasteiger partial charge on any atom is -0.550 e. The van der Waals surface area contributed by atoms with E-state index < -0.39 is 73.6 Å². The largest absolute Gasteiger partial charge is 1.00 e. The van der Waals surface area contributed by atoms with Gasteiger partial charge in [0.1, 0.15) is 30.4 Å². The second-order valence-electron chi connectivity index (χ2n) is 16.7. The van der Waals surface area contributed by atoms with Crippen LogP contribution in [0.3, 0.4) is 0 Å². The van der Waals surface area contributed by atoms with Crippen molar-refractivity contribution in [3.63, 3.8) is 0 Å². The molecule has 6 N–H and O–H groups in total. The van der Waals surface area contributed by atoms with Crippen molar-refractivity contribution in [2.75, 3.05) is 13.7 Å². The molecule has 3 amide bonds. The summed E-state index contributed by atoms with van der Waals surface area (Å²) in [4.78, 5) is 51.5. The van der Waals surface area contributed by atoms with Gasteiger partial charge in [0.25, 0.3) is 0 Å². The summed E-state index contributed by atoms with van der Waals surface area (Å²) in [6.45, 7) is 5.39. The molecule has 0 aliphatic carbocycles. The average Bonchev–Trinajstić information content (AvgIpc) is 3.49. The van der Waals surface area contributed by atoms with Crippen LogP contribution < -0.4 is 50.6 Å². The van der Waals surface area contributed by atoms with E-state index in [0.717, 1.165) is 38.5 Å². The molecule has 1 rings (SSSR count). The summed E-state index contributed by atoms with van der Waals surface area (Å²) >= 11 is 0. The normalized spacial score (nSPS) is 19.2. The molecule has 0 aromatic heterocycles. The van der Waals surface area contributed by atoms with E-state index in [2.05, 4.69) is 29.8 Å². The van der Waals surface area contributed by atoms with Crippen molar-refractivity contribution in [1.82, 2.24) is 16.0 Å². The quantitative estimate of drug-likeness (QED) is 0.0396. The SMILES string of the molecule is CCCCCCCCCCCCCCC(CCCCCCCCCCCCCC)C(=O)N[C@@H](CO[C@@H]1O[C@H](C(C)O)[C@@H](O)[C@@H]1O)C(=O)N[C@H](CCC(=O)[O-])C(=O)NC.[Na+]. The second-order valence-corrected chi connectivity index (χ2v) is 16.7. The smallest absolute Gasteiger partial charge is 0.550 e. The third-order valence-electron chi connectivity index (χ3n) is 11.5. The molecule has 1 fully saturated rings. The van der Waals surface area contributed by atoms with Crippen molar-refractivity contribution in [2.45, 2.75) is 243 Å². The van der Waals surface area contributed by atoms with Crippen molar-refractivity contribution in [2.24, 2.45) is 5.92 Å². The van der Waals surface area contributed by atoms with Gasteiger partial charge in [0, 0.05) is 18.9 Å². The van der Waals surface area contributed by atoms with Gasteiger partial charge >= 0.3 is 29.6 Å². The van der Waals surface area contributed by atoms with Crippen molar-refractivity contribution < 1.29 is 78.6 Å². The molecule has 13 nitrogen and oxygen atoms in total. The molecule has 1 aliphatic heterocycles. The van der Waals surface area contributed by atoms with Crippen molar-refractivity contribution in [3.8, 4) is 0 Å². The Morgan fingerprint density at radius 2 is 1.02 bits per heavy atom. The maximum Gasteiger partial charge on any atom is 1.00 e. The molecule has 14 heteroatoms. The number of carbonyl (C=O) groups excluding carboxylic acids is 4. The zero-order valence-corrected chi connectivity index (χ0v) is 39.8. The van der Waals surface area contributed by atoms with E-state index in [1.165, 1.54) is 130 Å². The van der Waals surface area contributed by atoms with Gasteiger partial charge in [0.15, 0.2) is 6.29 Å². The number of hydrogen-bond acceptors (Lipinski definition) is 10. The number of carboxylic acids is 1. The Bertz CT molecular complexity index is 1060. The fraction of sp³-hybridized carbons (Fsp3) is 0.911. The standard InChI is InChI=1S/C45H85N3O10.Na/c1-5-7-9-11-13-15-17-19-21-23-25-27-29-35(30-28-26-24-22-20-18-16-14-12-10-8-6-2)42(54)48-37(33-57-45-40(53)39(52)41(58-45)34(3)49)44(56)47-36(43(55)46-4)31-32-38(50)51;/h34-37,39-41,45,49,52-53H,5-33H2,1-4H3,(H,46,55)(H,47,56)(H,48,54)(H,50,51);/q;+1/p-1/t34?,36-,37+,39+,40+,41-,45-;/m1./s1. The van der Waals surface area contributed by atoms with Gasteiger partial charge in [0.2, 0.25) is 17.7 Å². The van der Waals surface area contributed by atoms with Gasteiger partial charge in [-0.25, -0.2) is 0 Å². The number of likely N-dealkylation sites (N-methyl/N-ethyl adjacent to an activating group) is 1. The van der Waals surface area contributed by atoms with E-state index in [4.69, 9.17) is 9.47 Å². The van der Waals surface area contributed by atoms with Crippen LogP contribution in [0.5, 0.6) is 0 Å². The number of nitrogens with one attached hydrogen (secondary N) is 3. The summed E-state index contributed by atoms with van der Waals surface area (Å²) in [5, 5.41) is 49.9. The number of amides is 3. The maximum absolute atomic E-state index is 14.0. The third kappa shape index (κ3) is 27.4. The van der Waals surface area contributed by atoms with Crippen LogP contribution in [0.4, 0.5) is 0 Å². The maximum atomic E-state index is 14.0. The molecule has 1 aliphatic rings. The van der Waals surface area contributed by atoms with Gasteiger partial charge < -0.3 is 50.6 Å². The van der Waals surface area contributed by atoms with E-state index in [-0.39, 0.29) is 47.8 Å². The zero-order valence-electron chi connectivity index (χ0n) is 37.8. The van der Waals surface area contributed by atoms with Crippen LogP contribution in [0.15, 0.2) is 0 Å². The first-order chi connectivity index (χ1) is 28.0. The Hall–Kier alpha value is -1.32. The molecule has 1 saturated heterocycles. The monoisotopic (exact) mass is 850 g/mol. The van der Waals surface area contributed by atoms with Crippen molar-refractivity contribution >= 4 is 23.7 Å². The number of aliphatic hydroxyl groups excluding tert-OH is 3. The van der Waals surface area contributed by atoms with Crippen LogP contribution >= 0.6 is 0 Å². The second kappa shape index (κ2) is 37.3. The number of unbranched alkanes of at least 4 members (excludes halogenated alkanes) is 22. The van der Waals surface area contributed by atoms with E-state index in [1.807, 2.05) is 0 Å². The van der Waals surface area contributed by atoms with Gasteiger partial charge in [0.05, 0.1) is 12.7 Å². The number of aliphatic carboxylic acids is 1. The molecule has 0 bridgehead atoms. The van der Waals surface area contributed by atoms with Crippen LogP contribution in [0, 0.1) is 5.92 Å².